The number of carbonyl (C=O) groups excluding carboxylic acids is 2. The number of nitrogens with one attached hydrogen (secondary N) is 1. The molecule has 2 heterocycles. The van der Waals surface area contributed by atoms with Crippen molar-refractivity contribution in [3.63, 3.8) is 0 Å². The van der Waals surface area contributed by atoms with Crippen molar-refractivity contribution in [2.45, 2.75) is 20.3 Å². The number of ether oxygens (including phenoxy) is 1. The van der Waals surface area contributed by atoms with Crippen LogP contribution in [-0.4, -0.2) is 44.7 Å². The van der Waals surface area contributed by atoms with Gasteiger partial charge in [0.2, 0.25) is 11.8 Å². The van der Waals surface area contributed by atoms with Gasteiger partial charge in [0, 0.05) is 36.8 Å². The number of nitrogens with zero attached hydrogens (tertiary/aromatic N) is 2. The predicted molar refractivity (Wildman–Crippen MR) is 119 cm³/mol. The van der Waals surface area contributed by atoms with Crippen LogP contribution in [0.4, 0.5) is 17.1 Å². The molecule has 30 heavy (non-hydrogen) atoms. The number of benzene rings is 2. The molecule has 2 fully saturated rings. The molecule has 1 atom stereocenters. The van der Waals surface area contributed by atoms with Crippen LogP contribution in [-0.2, 0) is 14.3 Å². The largest absolute Gasteiger partial charge is 0.378 e. The van der Waals surface area contributed by atoms with E-state index in [4.69, 9.17) is 16.3 Å². The Kier molecular flexibility index (Phi) is 5.97. The normalized spacial score (nSPS) is 19.3. The Labute approximate surface area is 181 Å². The molecule has 2 amide bonds. The van der Waals surface area contributed by atoms with Gasteiger partial charge in [-0.3, -0.25) is 9.59 Å². The van der Waals surface area contributed by atoms with Crippen molar-refractivity contribution in [2.24, 2.45) is 5.92 Å². The lowest BCUT2D eigenvalue weighted by Crippen LogP contribution is -2.37. The fourth-order valence-corrected chi connectivity index (χ4v) is 4.24. The van der Waals surface area contributed by atoms with E-state index in [0.717, 1.165) is 35.6 Å². The molecule has 4 rings (SSSR count). The first-order valence-corrected chi connectivity index (χ1v) is 10.6. The molecule has 1 N–H and O–H groups in total. The first-order valence-electron chi connectivity index (χ1n) is 10.2. The summed E-state index contributed by atoms with van der Waals surface area (Å²) < 4.78 is 5.43. The van der Waals surface area contributed by atoms with Crippen LogP contribution >= 0.6 is 11.6 Å². The van der Waals surface area contributed by atoms with Crippen LogP contribution in [0.2, 0.25) is 5.02 Å². The third-order valence-electron chi connectivity index (χ3n) is 5.93. The van der Waals surface area contributed by atoms with Gasteiger partial charge in [0.05, 0.1) is 30.5 Å². The molecule has 6 nitrogen and oxygen atoms in total. The quantitative estimate of drug-likeness (QED) is 0.806. The van der Waals surface area contributed by atoms with Gasteiger partial charge < -0.3 is 19.9 Å². The number of rotatable bonds is 4. The molecule has 2 aliphatic heterocycles. The highest BCUT2D eigenvalue weighted by molar-refractivity contribution is 6.31. The van der Waals surface area contributed by atoms with E-state index in [1.807, 2.05) is 44.2 Å². The smallest absolute Gasteiger partial charge is 0.229 e. The lowest BCUT2D eigenvalue weighted by molar-refractivity contribution is -0.122. The van der Waals surface area contributed by atoms with Crippen LogP contribution in [0.5, 0.6) is 0 Å². The Morgan fingerprint density at radius 1 is 1.13 bits per heavy atom. The number of carbonyl (C=O) groups is 2. The minimum atomic E-state index is -0.408. The number of aryl methyl sites for hydroxylation is 1. The van der Waals surface area contributed by atoms with Crippen molar-refractivity contribution in [3.8, 4) is 0 Å². The second kappa shape index (κ2) is 8.66. The average Bonchev–Trinajstić information content (AvgIpc) is 3.12. The minimum Gasteiger partial charge on any atom is -0.378 e. The molecule has 2 saturated heterocycles. The molecule has 0 radical (unpaired) electrons. The molecule has 0 spiro atoms. The molecular weight excluding hydrogens is 402 g/mol. The van der Waals surface area contributed by atoms with Gasteiger partial charge in [-0.2, -0.15) is 0 Å². The fraction of sp³-hybridized carbons (Fsp3) is 0.391. The first-order chi connectivity index (χ1) is 14.4. The molecule has 0 bridgehead atoms. The van der Waals surface area contributed by atoms with Crippen molar-refractivity contribution in [1.82, 2.24) is 0 Å². The number of hydrogen-bond donors (Lipinski definition) is 1. The van der Waals surface area contributed by atoms with Gasteiger partial charge >= 0.3 is 0 Å². The maximum Gasteiger partial charge on any atom is 0.229 e. The van der Waals surface area contributed by atoms with Gasteiger partial charge in [0.1, 0.15) is 0 Å². The van der Waals surface area contributed by atoms with Gasteiger partial charge in [0.15, 0.2) is 0 Å². The molecular formula is C23H26ClN3O3. The third-order valence-corrected chi connectivity index (χ3v) is 6.17. The fourth-order valence-electron chi connectivity index (χ4n) is 4.07. The van der Waals surface area contributed by atoms with E-state index in [0.29, 0.717) is 30.5 Å². The topological polar surface area (TPSA) is 61.9 Å². The zero-order chi connectivity index (χ0) is 21.3. The zero-order valence-corrected chi connectivity index (χ0v) is 18.0. The molecule has 2 aromatic carbocycles. The number of hydrogen-bond acceptors (Lipinski definition) is 4. The van der Waals surface area contributed by atoms with E-state index in [2.05, 4.69) is 10.2 Å². The van der Waals surface area contributed by atoms with Gasteiger partial charge in [-0.05, 0) is 49.2 Å². The van der Waals surface area contributed by atoms with Crippen LogP contribution < -0.4 is 15.1 Å². The Morgan fingerprint density at radius 3 is 2.67 bits per heavy atom. The summed E-state index contributed by atoms with van der Waals surface area (Å²) in [5, 5.41) is 3.58. The Morgan fingerprint density at radius 2 is 1.90 bits per heavy atom. The molecule has 158 valence electrons. The van der Waals surface area contributed by atoms with Crippen molar-refractivity contribution >= 4 is 40.5 Å². The average molecular weight is 428 g/mol. The SMILES string of the molecule is Cc1cccc(N2CC(C(=O)Nc3cc(Cl)ccc3N3CCOCC3)CC2=O)c1C. The highest BCUT2D eigenvalue weighted by atomic mass is 35.5. The zero-order valence-electron chi connectivity index (χ0n) is 17.3. The maximum absolute atomic E-state index is 13.1. The summed E-state index contributed by atoms with van der Waals surface area (Å²) in [6.45, 7) is 7.22. The highest BCUT2D eigenvalue weighted by Crippen LogP contribution is 2.33. The molecule has 1 unspecified atom stereocenters. The van der Waals surface area contributed by atoms with Crippen LogP contribution in [0.15, 0.2) is 36.4 Å². The molecule has 0 aromatic heterocycles. The summed E-state index contributed by atoms with van der Waals surface area (Å²) in [4.78, 5) is 29.6. The van der Waals surface area contributed by atoms with Crippen LogP contribution in [0.1, 0.15) is 17.5 Å². The number of halogens is 1. The van der Waals surface area contributed by atoms with Gasteiger partial charge in [-0.1, -0.05) is 23.7 Å². The molecule has 2 aliphatic rings. The summed E-state index contributed by atoms with van der Waals surface area (Å²) in [7, 11) is 0. The number of amides is 2. The monoisotopic (exact) mass is 427 g/mol. The van der Waals surface area contributed by atoms with Crippen LogP contribution in [0.25, 0.3) is 0 Å². The van der Waals surface area contributed by atoms with Gasteiger partial charge in [-0.15, -0.1) is 0 Å². The van der Waals surface area contributed by atoms with Crippen molar-refractivity contribution < 1.29 is 14.3 Å². The summed E-state index contributed by atoms with van der Waals surface area (Å²) >= 11 is 6.20. The van der Waals surface area contributed by atoms with Crippen molar-refractivity contribution in [3.05, 3.63) is 52.5 Å². The van der Waals surface area contributed by atoms with E-state index in [1.54, 1.807) is 11.0 Å². The summed E-state index contributed by atoms with van der Waals surface area (Å²) in [6, 6.07) is 11.4. The van der Waals surface area contributed by atoms with Crippen LogP contribution in [0.3, 0.4) is 0 Å². The maximum atomic E-state index is 13.1. The second-order valence-corrected chi connectivity index (χ2v) is 8.31. The summed E-state index contributed by atoms with van der Waals surface area (Å²) in [5.74, 6) is -0.592. The van der Waals surface area contributed by atoms with Crippen LogP contribution in [0, 0.1) is 19.8 Å². The van der Waals surface area contributed by atoms with E-state index < -0.39 is 5.92 Å². The standard InChI is InChI=1S/C23H26ClN3O3/c1-15-4-3-5-20(16(15)2)27-14-17(12-22(27)28)23(29)25-19-13-18(24)6-7-21(19)26-8-10-30-11-9-26/h3-7,13,17H,8-12,14H2,1-2H3,(H,25,29). The first kappa shape index (κ1) is 20.7. The number of morpholine rings is 1. The van der Waals surface area contributed by atoms with Crippen molar-refractivity contribution in [2.75, 3.05) is 48.0 Å². The Bertz CT molecular complexity index is 972. The van der Waals surface area contributed by atoms with Gasteiger partial charge in [-0.25, -0.2) is 0 Å². The molecule has 7 heteroatoms. The van der Waals surface area contributed by atoms with E-state index in [9.17, 15) is 9.59 Å². The van der Waals surface area contributed by atoms with E-state index in [1.165, 1.54) is 0 Å². The van der Waals surface area contributed by atoms with Crippen molar-refractivity contribution in [1.29, 1.82) is 0 Å². The predicted octanol–water partition coefficient (Wildman–Crippen LogP) is 3.79. The molecule has 0 saturated carbocycles. The number of anilines is 3. The molecule has 0 aliphatic carbocycles. The summed E-state index contributed by atoms with van der Waals surface area (Å²) in [5.41, 5.74) is 4.67. The third kappa shape index (κ3) is 4.16. The van der Waals surface area contributed by atoms with E-state index in [-0.39, 0.29) is 18.2 Å². The van der Waals surface area contributed by atoms with E-state index >= 15 is 0 Å². The lowest BCUT2D eigenvalue weighted by atomic mass is 10.1. The minimum absolute atomic E-state index is 0.0247. The lowest BCUT2D eigenvalue weighted by Gasteiger charge is -2.30. The second-order valence-electron chi connectivity index (χ2n) is 7.87. The highest BCUT2D eigenvalue weighted by Gasteiger charge is 2.36. The van der Waals surface area contributed by atoms with Gasteiger partial charge in [0.25, 0.3) is 0 Å². The Hall–Kier alpha value is -2.57. The summed E-state index contributed by atoms with van der Waals surface area (Å²) in [6.07, 6.45) is 0.201. The Balaban J connectivity index is 1.52. The molecule has 2 aromatic rings.